The Kier molecular flexibility index (Phi) is 16.9. The van der Waals surface area contributed by atoms with Crippen LogP contribution in [-0.4, -0.2) is 11.6 Å². The zero-order valence-corrected chi connectivity index (χ0v) is 54.5. The van der Waals surface area contributed by atoms with E-state index in [1.165, 1.54) is 116 Å². The summed E-state index contributed by atoms with van der Waals surface area (Å²) in [6.45, 7) is 19.2. The van der Waals surface area contributed by atoms with E-state index in [0.717, 1.165) is 51.2 Å². The summed E-state index contributed by atoms with van der Waals surface area (Å²) in [7, 11) is 2.18. The summed E-state index contributed by atoms with van der Waals surface area (Å²) >= 11 is 0. The van der Waals surface area contributed by atoms with Gasteiger partial charge in [0.25, 0.3) is 0 Å². The highest BCUT2D eigenvalue weighted by Crippen LogP contribution is 2.44. The number of nitrogens with zero attached hydrogens (tertiary/aromatic N) is 4. The fraction of sp³-hybridized carbons (Fsp3) is 0.114. The van der Waals surface area contributed by atoms with Crippen molar-refractivity contribution in [1.29, 1.82) is 0 Å². The van der Waals surface area contributed by atoms with Crippen LogP contribution in [-0.2, 0) is 0 Å². The zero-order chi connectivity index (χ0) is 63.6. The van der Waals surface area contributed by atoms with Crippen LogP contribution in [0.4, 0.5) is 45.5 Å². The zero-order valence-electron chi connectivity index (χ0n) is 54.5. The second-order valence-electron chi connectivity index (χ2n) is 25.1. The summed E-state index contributed by atoms with van der Waals surface area (Å²) < 4.78 is 2.40. The van der Waals surface area contributed by atoms with Crippen molar-refractivity contribution in [2.45, 2.75) is 62.3 Å². The van der Waals surface area contributed by atoms with Crippen molar-refractivity contribution in [3.05, 3.63) is 341 Å². The van der Waals surface area contributed by atoms with Gasteiger partial charge in [-0.1, -0.05) is 208 Å². The van der Waals surface area contributed by atoms with Gasteiger partial charge in [0.15, 0.2) is 0 Å². The van der Waals surface area contributed by atoms with E-state index in [0.29, 0.717) is 0 Å². The summed E-state index contributed by atoms with van der Waals surface area (Å²) in [5.41, 5.74) is 33.6. The first-order valence-corrected chi connectivity index (χ1v) is 32.0. The molecule has 4 heteroatoms. The number of rotatable bonds is 13. The van der Waals surface area contributed by atoms with Gasteiger partial charge in [-0.3, -0.25) is 0 Å². The van der Waals surface area contributed by atoms with Gasteiger partial charge in [-0.15, -0.1) is 0 Å². The minimum absolute atomic E-state index is 1.12. The third-order valence-electron chi connectivity index (χ3n) is 17.9. The number of aromatic nitrogens is 1. The Balaban J connectivity index is 0.000000171. The van der Waals surface area contributed by atoms with Crippen molar-refractivity contribution in [3.8, 4) is 50.2 Å². The van der Waals surface area contributed by atoms with Gasteiger partial charge in [0.1, 0.15) is 0 Å². The molecule has 0 aliphatic heterocycles. The Labute approximate surface area is 544 Å². The number of fused-ring (bicyclic) bond motifs is 3. The monoisotopic (exact) mass is 1190 g/mol. The van der Waals surface area contributed by atoms with E-state index in [-0.39, 0.29) is 0 Å². The Bertz CT molecular complexity index is 4380. The topological polar surface area (TPSA) is 14.7 Å². The minimum Gasteiger partial charge on any atom is -0.345 e. The Morgan fingerprint density at radius 1 is 0.196 bits per heavy atom. The lowest BCUT2D eigenvalue weighted by Gasteiger charge is -2.26. The molecule has 0 radical (unpaired) electrons. The summed E-state index contributed by atoms with van der Waals surface area (Å²) in [4.78, 5) is 7.05. The molecule has 0 saturated heterocycles. The normalized spacial score (nSPS) is 11.2. The molecular formula is C88H78N4. The number of benzene rings is 13. The van der Waals surface area contributed by atoms with Crippen molar-refractivity contribution in [1.82, 2.24) is 4.57 Å². The van der Waals surface area contributed by atoms with Gasteiger partial charge >= 0.3 is 0 Å². The molecule has 0 aliphatic carbocycles. The predicted octanol–water partition coefficient (Wildman–Crippen LogP) is 24.6. The van der Waals surface area contributed by atoms with Gasteiger partial charge in [0.05, 0.1) is 11.0 Å². The van der Waals surface area contributed by atoms with E-state index in [4.69, 9.17) is 0 Å². The molecule has 13 aromatic carbocycles. The molecule has 450 valence electrons. The molecule has 1 aromatic heterocycles. The molecule has 0 unspecified atom stereocenters. The molecule has 0 aliphatic rings. The smallest absolute Gasteiger partial charge is 0.0542 e. The molecule has 0 saturated carbocycles. The molecular weight excluding hydrogens is 1110 g/mol. The number of hydrogen-bond acceptors (Lipinski definition) is 3. The molecule has 0 atom stereocenters. The molecule has 0 amide bonds. The number of aryl methyl sites for hydroxylation is 9. The fourth-order valence-corrected chi connectivity index (χ4v) is 12.3. The molecule has 0 N–H and O–H groups in total. The van der Waals surface area contributed by atoms with Gasteiger partial charge in [0, 0.05) is 69.0 Å². The predicted molar refractivity (Wildman–Crippen MR) is 395 cm³/mol. The van der Waals surface area contributed by atoms with E-state index >= 15 is 0 Å². The third kappa shape index (κ3) is 12.9. The molecule has 14 rings (SSSR count). The fourth-order valence-electron chi connectivity index (χ4n) is 12.3. The lowest BCUT2D eigenvalue weighted by atomic mass is 9.95. The van der Waals surface area contributed by atoms with Crippen molar-refractivity contribution < 1.29 is 0 Å². The maximum atomic E-state index is 2.40. The largest absolute Gasteiger partial charge is 0.345 e. The molecule has 92 heavy (non-hydrogen) atoms. The lowest BCUT2D eigenvalue weighted by molar-refractivity contribution is 1.17. The van der Waals surface area contributed by atoms with Gasteiger partial charge in [0.2, 0.25) is 0 Å². The first kappa shape index (κ1) is 60.0. The summed E-state index contributed by atoms with van der Waals surface area (Å²) in [6, 6.07) is 107. The number of anilines is 8. The van der Waals surface area contributed by atoms with Crippen LogP contribution >= 0.6 is 0 Å². The Morgan fingerprint density at radius 3 is 0.663 bits per heavy atom. The Hall–Kier alpha value is -10.9. The van der Waals surface area contributed by atoms with Crippen LogP contribution in [0.3, 0.4) is 0 Å². The number of hydrogen-bond donors (Lipinski definition) is 0. The van der Waals surface area contributed by atoms with Crippen LogP contribution in [0.1, 0.15) is 50.1 Å². The van der Waals surface area contributed by atoms with E-state index in [1.807, 2.05) is 0 Å². The second-order valence-corrected chi connectivity index (χ2v) is 25.1. The van der Waals surface area contributed by atoms with Crippen LogP contribution in [0.15, 0.2) is 291 Å². The molecule has 0 fully saturated rings. The molecule has 1 heterocycles. The quantitative estimate of drug-likeness (QED) is 0.114. The maximum Gasteiger partial charge on any atom is 0.0542 e. The first-order chi connectivity index (χ1) is 44.6. The second kappa shape index (κ2) is 25.9. The molecule has 4 nitrogen and oxygen atoms in total. The van der Waals surface area contributed by atoms with Crippen LogP contribution in [0.25, 0.3) is 72.0 Å². The van der Waals surface area contributed by atoms with Crippen molar-refractivity contribution in [2.75, 3.05) is 21.7 Å². The Morgan fingerprint density at radius 2 is 0.413 bits per heavy atom. The van der Waals surface area contributed by atoms with Crippen LogP contribution in [0.2, 0.25) is 0 Å². The minimum atomic E-state index is 1.12. The highest BCUT2D eigenvalue weighted by atomic mass is 15.2. The molecule has 0 bridgehead atoms. The van der Waals surface area contributed by atoms with Crippen LogP contribution in [0, 0.1) is 62.3 Å². The highest BCUT2D eigenvalue weighted by Gasteiger charge is 2.21. The van der Waals surface area contributed by atoms with E-state index in [9.17, 15) is 0 Å². The maximum absolute atomic E-state index is 2.40. The van der Waals surface area contributed by atoms with Gasteiger partial charge < -0.3 is 19.3 Å². The molecule has 0 spiro atoms. The van der Waals surface area contributed by atoms with Crippen molar-refractivity contribution in [2.24, 2.45) is 0 Å². The summed E-state index contributed by atoms with van der Waals surface area (Å²) in [5, 5.41) is 2.41. The SMILES string of the molecule is Cc1ccc(-c2cc(-c3ccc(C)cc3)cc(N(C)c3cc(-c4ccc(C)cc4)cc(-c4ccc(C)cc4)c3)c2)cc1.Cc1ccc(N(c2ccc(C)cc2)c2ccc3c(c2)c2cc(N(c4ccc(C)cc4)c4ccc(C)cc4)ccc2n3-c2ccc(C)cc2)cc1. The van der Waals surface area contributed by atoms with Gasteiger partial charge in [-0.25, -0.2) is 0 Å². The van der Waals surface area contributed by atoms with Crippen molar-refractivity contribution >= 4 is 67.3 Å². The van der Waals surface area contributed by atoms with E-state index in [1.54, 1.807) is 0 Å². The standard InChI is InChI=1S/C47H41N3.C41H37N/c1-32-6-16-37(17-7-32)48(38-18-8-33(2)9-19-38)42-26-28-46-44(30-42)45-31-43(27-29-47(45)50(46)41-24-14-36(5)15-25-41)49(39-20-10-34(3)11-21-39)40-22-12-35(4)13-23-40;1-28-6-14-32(15-7-28)36-22-37(33-16-8-29(2)9-17-33)25-40(24-36)42(5)41-26-38(34-18-10-30(3)11-19-34)23-39(27-41)35-20-12-31(4)13-21-35/h6-31H,1-5H3;6-27H,1-5H3. The van der Waals surface area contributed by atoms with E-state index < -0.39 is 0 Å². The van der Waals surface area contributed by atoms with Crippen molar-refractivity contribution in [3.63, 3.8) is 0 Å². The summed E-state index contributed by atoms with van der Waals surface area (Å²) in [6.07, 6.45) is 0. The van der Waals surface area contributed by atoms with Crippen LogP contribution in [0.5, 0.6) is 0 Å². The molecule has 14 aromatic rings. The lowest BCUT2D eigenvalue weighted by Crippen LogP contribution is -2.10. The summed E-state index contributed by atoms with van der Waals surface area (Å²) in [5.74, 6) is 0. The average molecular weight is 1190 g/mol. The van der Waals surface area contributed by atoms with Crippen LogP contribution < -0.4 is 14.7 Å². The van der Waals surface area contributed by atoms with Gasteiger partial charge in [-0.2, -0.15) is 0 Å². The van der Waals surface area contributed by atoms with Gasteiger partial charge in [-0.05, 0) is 240 Å². The van der Waals surface area contributed by atoms with E-state index in [2.05, 4.69) is 380 Å². The average Bonchev–Trinajstić information content (AvgIpc) is 1.59. The third-order valence-corrected chi connectivity index (χ3v) is 17.9. The highest BCUT2D eigenvalue weighted by molar-refractivity contribution is 6.12. The first-order valence-electron chi connectivity index (χ1n) is 32.0.